The van der Waals surface area contributed by atoms with Crippen molar-refractivity contribution in [2.75, 3.05) is 32.7 Å². The summed E-state index contributed by atoms with van der Waals surface area (Å²) in [5.74, 6) is 0.982. The summed E-state index contributed by atoms with van der Waals surface area (Å²) in [4.78, 5) is 32.6. The number of nitrogens with zero attached hydrogens (tertiary/aromatic N) is 3. The quantitative estimate of drug-likeness (QED) is 0.201. The van der Waals surface area contributed by atoms with E-state index in [2.05, 4.69) is 72.5 Å². The predicted octanol–water partition coefficient (Wildman–Crippen LogP) is 6.68. The lowest BCUT2D eigenvalue weighted by Crippen LogP contribution is -2.50. The van der Waals surface area contributed by atoms with E-state index in [1.807, 2.05) is 17.0 Å². The Labute approximate surface area is 240 Å². The third kappa shape index (κ3) is 8.82. The molecule has 0 saturated carbocycles. The largest absolute Gasteiger partial charge is 0.467 e. The van der Waals surface area contributed by atoms with Crippen molar-refractivity contribution in [3.05, 3.63) is 95.9 Å². The van der Waals surface area contributed by atoms with E-state index in [1.54, 1.807) is 11.2 Å². The molecule has 0 unspecified atom stereocenters. The van der Waals surface area contributed by atoms with Crippen molar-refractivity contribution in [2.24, 2.45) is 0 Å². The first-order valence-corrected chi connectivity index (χ1v) is 15.1. The van der Waals surface area contributed by atoms with Crippen LogP contribution in [0.4, 0.5) is 0 Å². The van der Waals surface area contributed by atoms with Gasteiger partial charge in [-0.2, -0.15) is 0 Å². The highest BCUT2D eigenvalue weighted by Crippen LogP contribution is 2.29. The van der Waals surface area contributed by atoms with Gasteiger partial charge in [-0.15, -0.1) is 0 Å². The van der Waals surface area contributed by atoms with Gasteiger partial charge in [0.15, 0.2) is 0 Å². The van der Waals surface area contributed by atoms with E-state index in [1.165, 1.54) is 36.8 Å². The maximum atomic E-state index is 13.3. The number of rotatable bonds is 15. The molecule has 0 aliphatic carbocycles. The molecule has 2 heterocycles. The summed E-state index contributed by atoms with van der Waals surface area (Å²) in [5.41, 5.74) is 2.54. The maximum Gasteiger partial charge on any atom is 0.224 e. The van der Waals surface area contributed by atoms with E-state index in [0.717, 1.165) is 31.7 Å². The zero-order valence-electron chi connectivity index (χ0n) is 24.0. The fourth-order valence-corrected chi connectivity index (χ4v) is 5.60. The van der Waals surface area contributed by atoms with Crippen molar-refractivity contribution in [1.82, 2.24) is 14.7 Å². The highest BCUT2D eigenvalue weighted by atomic mass is 16.3. The zero-order chi connectivity index (χ0) is 28.0. The van der Waals surface area contributed by atoms with Gasteiger partial charge in [0.05, 0.1) is 18.8 Å². The van der Waals surface area contributed by atoms with Crippen LogP contribution in [0, 0.1) is 0 Å². The molecule has 2 amide bonds. The number of carbonyl (C=O) groups excluding carboxylic acids is 2. The molecule has 6 nitrogen and oxygen atoms in total. The van der Waals surface area contributed by atoms with Crippen molar-refractivity contribution in [3.63, 3.8) is 0 Å². The Hall–Kier alpha value is -3.38. The summed E-state index contributed by atoms with van der Waals surface area (Å²) in [6, 6.07) is 25.1. The number of furan rings is 1. The van der Waals surface area contributed by atoms with Crippen LogP contribution in [0.1, 0.15) is 81.2 Å². The van der Waals surface area contributed by atoms with Gasteiger partial charge in [-0.25, -0.2) is 0 Å². The average molecular weight is 544 g/mol. The van der Waals surface area contributed by atoms with Gasteiger partial charge < -0.3 is 14.2 Å². The summed E-state index contributed by atoms with van der Waals surface area (Å²) in [7, 11) is 0. The molecule has 1 saturated heterocycles. The van der Waals surface area contributed by atoms with Gasteiger partial charge >= 0.3 is 0 Å². The molecular weight excluding hydrogens is 498 g/mol. The molecule has 2 aromatic carbocycles. The second-order valence-electron chi connectivity index (χ2n) is 10.8. The van der Waals surface area contributed by atoms with Crippen molar-refractivity contribution >= 4 is 11.8 Å². The molecule has 1 fully saturated rings. The lowest BCUT2D eigenvalue weighted by atomic mass is 9.96. The van der Waals surface area contributed by atoms with Gasteiger partial charge in [0, 0.05) is 45.6 Å². The molecule has 0 bridgehead atoms. The molecule has 1 aromatic heterocycles. The van der Waals surface area contributed by atoms with E-state index in [0.29, 0.717) is 39.0 Å². The maximum absolute atomic E-state index is 13.3. The average Bonchev–Trinajstić information content (AvgIpc) is 3.52. The van der Waals surface area contributed by atoms with Crippen molar-refractivity contribution in [2.45, 2.75) is 70.9 Å². The molecular formula is C34H45N3O3. The van der Waals surface area contributed by atoms with Crippen LogP contribution in [-0.4, -0.2) is 59.2 Å². The third-order valence-electron chi connectivity index (χ3n) is 7.88. The normalized spacial score (nSPS) is 14.0. The number of hydrogen-bond donors (Lipinski definition) is 0. The minimum absolute atomic E-state index is 0.109. The van der Waals surface area contributed by atoms with E-state index in [9.17, 15) is 9.59 Å². The predicted molar refractivity (Wildman–Crippen MR) is 160 cm³/mol. The molecule has 0 spiro atoms. The van der Waals surface area contributed by atoms with Crippen LogP contribution < -0.4 is 0 Å². The lowest BCUT2D eigenvalue weighted by Gasteiger charge is -2.40. The molecule has 1 aliphatic heterocycles. The molecule has 1 aliphatic rings. The summed E-state index contributed by atoms with van der Waals surface area (Å²) in [6.07, 6.45) is 9.37. The van der Waals surface area contributed by atoms with E-state index in [4.69, 9.17) is 4.42 Å². The summed E-state index contributed by atoms with van der Waals surface area (Å²) in [5, 5.41) is 0. The Bertz CT molecular complexity index is 1090. The molecule has 0 radical (unpaired) electrons. The van der Waals surface area contributed by atoms with Gasteiger partial charge in [-0.1, -0.05) is 99.7 Å². The minimum Gasteiger partial charge on any atom is -0.467 e. The molecule has 4 rings (SSSR count). The van der Waals surface area contributed by atoms with E-state index >= 15 is 0 Å². The minimum atomic E-state index is 0.109. The SMILES string of the molecule is CCCCCCCCC(=O)N(CCC(=O)N1CCN(C(c2ccccc2)c2ccccc2)CC1)Cc1ccco1. The molecule has 0 atom stereocenters. The van der Waals surface area contributed by atoms with E-state index < -0.39 is 0 Å². The second kappa shape index (κ2) is 16.0. The Morgan fingerprint density at radius 2 is 1.40 bits per heavy atom. The second-order valence-corrected chi connectivity index (χ2v) is 10.8. The summed E-state index contributed by atoms with van der Waals surface area (Å²) in [6.45, 7) is 6.06. The first kappa shape index (κ1) is 29.6. The van der Waals surface area contributed by atoms with E-state index in [-0.39, 0.29) is 17.9 Å². The first-order chi connectivity index (χ1) is 19.7. The van der Waals surface area contributed by atoms with Gasteiger partial charge in [0.2, 0.25) is 11.8 Å². The molecule has 40 heavy (non-hydrogen) atoms. The first-order valence-electron chi connectivity index (χ1n) is 15.1. The van der Waals surface area contributed by atoms with Crippen molar-refractivity contribution in [1.29, 1.82) is 0 Å². The highest BCUT2D eigenvalue weighted by molar-refractivity contribution is 5.79. The smallest absolute Gasteiger partial charge is 0.224 e. The number of amides is 2. The standard InChI is InChI=1S/C34H45N3O3/c1-2-3-4-5-6-13-20-32(38)37(28-31-19-14-27-40-31)22-21-33(39)35-23-25-36(26-24-35)34(29-15-9-7-10-16-29)30-17-11-8-12-18-30/h7-12,14-19,27,34H,2-6,13,20-26,28H2,1H3. The number of carbonyl (C=O) groups is 2. The Morgan fingerprint density at radius 1 is 0.775 bits per heavy atom. The van der Waals surface area contributed by atoms with Crippen LogP contribution in [-0.2, 0) is 16.1 Å². The highest BCUT2D eigenvalue weighted by Gasteiger charge is 2.28. The fourth-order valence-electron chi connectivity index (χ4n) is 5.60. The molecule has 3 aromatic rings. The van der Waals surface area contributed by atoms with Gasteiger partial charge in [0.25, 0.3) is 0 Å². The van der Waals surface area contributed by atoms with Gasteiger partial charge in [0.1, 0.15) is 5.76 Å². The number of unbranched alkanes of at least 4 members (excludes halogenated alkanes) is 5. The van der Waals surface area contributed by atoms with Crippen LogP contribution >= 0.6 is 0 Å². The number of benzene rings is 2. The third-order valence-corrected chi connectivity index (χ3v) is 7.88. The zero-order valence-corrected chi connectivity index (χ0v) is 24.0. The molecule has 214 valence electrons. The monoisotopic (exact) mass is 543 g/mol. The van der Waals surface area contributed by atoms with Gasteiger partial charge in [-0.05, 0) is 29.7 Å². The van der Waals surface area contributed by atoms with Gasteiger partial charge in [-0.3, -0.25) is 14.5 Å². The van der Waals surface area contributed by atoms with Crippen LogP contribution in [0.2, 0.25) is 0 Å². The Kier molecular flexibility index (Phi) is 11.9. The van der Waals surface area contributed by atoms with Crippen LogP contribution in [0.15, 0.2) is 83.5 Å². The number of piperazine rings is 1. The molecule has 0 N–H and O–H groups in total. The fraction of sp³-hybridized carbons (Fsp3) is 0.471. The number of hydrogen-bond acceptors (Lipinski definition) is 4. The molecule has 6 heteroatoms. The Morgan fingerprint density at radius 3 is 2.00 bits per heavy atom. The topological polar surface area (TPSA) is 57.0 Å². The van der Waals surface area contributed by atoms with Crippen molar-refractivity contribution in [3.8, 4) is 0 Å². The lowest BCUT2D eigenvalue weighted by molar-refractivity contribution is -0.136. The van der Waals surface area contributed by atoms with Crippen LogP contribution in [0.25, 0.3) is 0 Å². The van der Waals surface area contributed by atoms with Crippen LogP contribution in [0.3, 0.4) is 0 Å². The van der Waals surface area contributed by atoms with Crippen LogP contribution in [0.5, 0.6) is 0 Å². The summed E-state index contributed by atoms with van der Waals surface area (Å²) < 4.78 is 5.52. The van der Waals surface area contributed by atoms with Crippen molar-refractivity contribution < 1.29 is 14.0 Å². The summed E-state index contributed by atoms with van der Waals surface area (Å²) >= 11 is 0. The Balaban J connectivity index is 1.30.